The summed E-state index contributed by atoms with van der Waals surface area (Å²) >= 11 is 0. The summed E-state index contributed by atoms with van der Waals surface area (Å²) in [5.41, 5.74) is 5.70. The summed E-state index contributed by atoms with van der Waals surface area (Å²) in [5.74, 6) is 2.52. The molecule has 3 heterocycles. The van der Waals surface area contributed by atoms with Crippen molar-refractivity contribution in [1.82, 2.24) is 19.5 Å². The maximum Gasteiger partial charge on any atom is 0.280 e. The number of anilines is 1. The van der Waals surface area contributed by atoms with Crippen LogP contribution < -0.4 is 11.3 Å². The summed E-state index contributed by atoms with van der Waals surface area (Å²) in [4.78, 5) is 22.7. The molecule has 0 aliphatic carbocycles. The molecular weight excluding hydrogens is 342 g/mol. The van der Waals surface area contributed by atoms with Crippen LogP contribution in [0.5, 0.6) is 0 Å². The van der Waals surface area contributed by atoms with Crippen LogP contribution in [0.15, 0.2) is 11.1 Å². The third kappa shape index (κ3) is 3.30. The second kappa shape index (κ2) is 7.84. The molecule has 0 saturated carbocycles. The van der Waals surface area contributed by atoms with Crippen LogP contribution in [0.4, 0.5) is 5.95 Å². The predicted molar refractivity (Wildman–Crippen MR) is 92.3 cm³/mol. The van der Waals surface area contributed by atoms with E-state index in [1.165, 1.54) is 6.33 Å². The minimum absolute atomic E-state index is 0.0104. The Kier molecular flexibility index (Phi) is 5.53. The monoisotopic (exact) mass is 363 g/mol. The standard InChI is InChI=1S/C16H21N5O5/c1-4-5-6-25-12-11(24-3)9(7-23-2)26-15(12)21-8-18-10-13(21)19-16(17)20-14(10)22/h1,8-9,11-12,15H,5-7H2,2-3H3,(H3,17,19,20,22). The van der Waals surface area contributed by atoms with E-state index in [-0.39, 0.29) is 17.6 Å². The molecule has 0 radical (unpaired) electrons. The molecule has 1 saturated heterocycles. The Labute approximate surface area is 149 Å². The number of aromatic nitrogens is 4. The fourth-order valence-corrected chi connectivity index (χ4v) is 3.08. The topological polar surface area (TPSA) is 127 Å². The van der Waals surface area contributed by atoms with Crippen LogP contribution in [0.1, 0.15) is 12.6 Å². The Morgan fingerprint density at radius 1 is 1.46 bits per heavy atom. The van der Waals surface area contributed by atoms with Crippen molar-refractivity contribution in [2.75, 3.05) is 33.2 Å². The average Bonchev–Trinajstić information content (AvgIpc) is 3.17. The number of terminal acetylenes is 1. The first kappa shape index (κ1) is 18.3. The molecule has 4 atom stereocenters. The van der Waals surface area contributed by atoms with Gasteiger partial charge >= 0.3 is 0 Å². The van der Waals surface area contributed by atoms with Gasteiger partial charge in [0.05, 0.1) is 19.5 Å². The molecule has 3 N–H and O–H groups in total. The molecule has 10 nitrogen and oxygen atoms in total. The van der Waals surface area contributed by atoms with Crippen molar-refractivity contribution in [1.29, 1.82) is 0 Å². The predicted octanol–water partition coefficient (Wildman–Crippen LogP) is -0.331. The lowest BCUT2D eigenvalue weighted by molar-refractivity contribution is -0.0723. The van der Waals surface area contributed by atoms with Gasteiger partial charge in [-0.15, -0.1) is 12.3 Å². The number of nitrogens with two attached hydrogens (primary N) is 1. The highest BCUT2D eigenvalue weighted by Crippen LogP contribution is 2.35. The second-order valence-electron chi connectivity index (χ2n) is 5.79. The fraction of sp³-hybridized carbons (Fsp3) is 0.562. The summed E-state index contributed by atoms with van der Waals surface area (Å²) < 4.78 is 24.4. The molecule has 140 valence electrons. The SMILES string of the molecule is C#CCCOC1C(OC)C(COC)OC1n1cnc2c(=O)[nH]c(N)nc21. The Hall–Kier alpha value is -2.45. The number of rotatable bonds is 7. The molecule has 2 aromatic heterocycles. The van der Waals surface area contributed by atoms with Crippen molar-refractivity contribution >= 4 is 17.1 Å². The zero-order valence-electron chi connectivity index (χ0n) is 14.5. The van der Waals surface area contributed by atoms with E-state index in [2.05, 4.69) is 20.9 Å². The highest BCUT2D eigenvalue weighted by atomic mass is 16.6. The summed E-state index contributed by atoms with van der Waals surface area (Å²) in [5, 5.41) is 0. The van der Waals surface area contributed by atoms with Gasteiger partial charge in [-0.25, -0.2) is 4.98 Å². The van der Waals surface area contributed by atoms with E-state index in [4.69, 9.17) is 31.1 Å². The number of hydrogen-bond donors (Lipinski definition) is 2. The molecular formula is C16H21N5O5. The van der Waals surface area contributed by atoms with E-state index in [1.807, 2.05) is 0 Å². The van der Waals surface area contributed by atoms with Gasteiger partial charge in [0.15, 0.2) is 17.4 Å². The normalized spacial score (nSPS) is 25.6. The summed E-state index contributed by atoms with van der Waals surface area (Å²) in [6, 6.07) is 0. The quantitative estimate of drug-likeness (QED) is 0.506. The number of nitrogens with one attached hydrogen (secondary N) is 1. The van der Waals surface area contributed by atoms with Crippen LogP contribution in [-0.4, -0.2) is 65.3 Å². The molecule has 0 aromatic carbocycles. The van der Waals surface area contributed by atoms with Gasteiger partial charge in [0.1, 0.15) is 18.3 Å². The highest BCUT2D eigenvalue weighted by Gasteiger charge is 2.47. The minimum atomic E-state index is -0.628. The van der Waals surface area contributed by atoms with Crippen LogP contribution >= 0.6 is 0 Å². The zero-order valence-corrected chi connectivity index (χ0v) is 14.5. The van der Waals surface area contributed by atoms with E-state index in [0.29, 0.717) is 25.3 Å². The Bertz CT molecular complexity index is 857. The fourth-order valence-electron chi connectivity index (χ4n) is 3.08. The molecule has 26 heavy (non-hydrogen) atoms. The first-order chi connectivity index (χ1) is 12.6. The first-order valence-corrected chi connectivity index (χ1v) is 8.05. The number of hydrogen-bond acceptors (Lipinski definition) is 8. The zero-order chi connectivity index (χ0) is 18.7. The number of ether oxygens (including phenoxy) is 4. The van der Waals surface area contributed by atoms with E-state index in [9.17, 15) is 4.79 Å². The largest absolute Gasteiger partial charge is 0.382 e. The summed E-state index contributed by atoms with van der Waals surface area (Å²) in [6.07, 6.45) is 5.33. The molecule has 1 fully saturated rings. The molecule has 3 rings (SSSR count). The van der Waals surface area contributed by atoms with Crippen molar-refractivity contribution in [3.63, 3.8) is 0 Å². The van der Waals surface area contributed by atoms with Crippen molar-refractivity contribution in [2.24, 2.45) is 0 Å². The minimum Gasteiger partial charge on any atom is -0.382 e. The van der Waals surface area contributed by atoms with Crippen molar-refractivity contribution in [2.45, 2.75) is 31.0 Å². The lowest BCUT2D eigenvalue weighted by atomic mass is 10.1. The third-order valence-corrected chi connectivity index (χ3v) is 4.17. The maximum absolute atomic E-state index is 12.0. The lowest BCUT2D eigenvalue weighted by Gasteiger charge is -2.23. The van der Waals surface area contributed by atoms with Gasteiger partial charge in [0.2, 0.25) is 5.95 Å². The number of nitrogens with zero attached hydrogens (tertiary/aromatic N) is 3. The van der Waals surface area contributed by atoms with Gasteiger partial charge in [-0.05, 0) is 0 Å². The number of fused-ring (bicyclic) bond motifs is 1. The van der Waals surface area contributed by atoms with E-state index in [0.717, 1.165) is 0 Å². The van der Waals surface area contributed by atoms with E-state index in [1.54, 1.807) is 18.8 Å². The van der Waals surface area contributed by atoms with Crippen LogP contribution in [0.25, 0.3) is 11.2 Å². The van der Waals surface area contributed by atoms with Gasteiger partial charge in [0.25, 0.3) is 5.56 Å². The Morgan fingerprint density at radius 3 is 2.96 bits per heavy atom. The number of imidazole rings is 1. The van der Waals surface area contributed by atoms with Crippen LogP contribution in [0.3, 0.4) is 0 Å². The number of methoxy groups -OCH3 is 2. The molecule has 0 amide bonds. The smallest absolute Gasteiger partial charge is 0.280 e. The number of nitrogen functional groups attached to an aromatic ring is 1. The third-order valence-electron chi connectivity index (χ3n) is 4.17. The van der Waals surface area contributed by atoms with Crippen LogP contribution in [0, 0.1) is 12.3 Å². The van der Waals surface area contributed by atoms with Gasteiger partial charge in [-0.2, -0.15) is 4.98 Å². The maximum atomic E-state index is 12.0. The molecule has 0 spiro atoms. The average molecular weight is 363 g/mol. The summed E-state index contributed by atoms with van der Waals surface area (Å²) in [6.45, 7) is 0.649. The second-order valence-corrected chi connectivity index (χ2v) is 5.79. The van der Waals surface area contributed by atoms with Crippen molar-refractivity contribution in [3.8, 4) is 12.3 Å². The molecule has 0 bridgehead atoms. The van der Waals surface area contributed by atoms with E-state index < -0.39 is 24.0 Å². The van der Waals surface area contributed by atoms with Crippen LogP contribution in [-0.2, 0) is 18.9 Å². The molecule has 1 aliphatic rings. The van der Waals surface area contributed by atoms with Gasteiger partial charge in [0, 0.05) is 20.6 Å². The first-order valence-electron chi connectivity index (χ1n) is 8.05. The Balaban J connectivity index is 2.00. The Morgan fingerprint density at radius 2 is 2.27 bits per heavy atom. The molecule has 4 unspecified atom stereocenters. The lowest BCUT2D eigenvalue weighted by Crippen LogP contribution is -2.37. The highest BCUT2D eigenvalue weighted by molar-refractivity contribution is 5.70. The van der Waals surface area contributed by atoms with Crippen molar-refractivity contribution < 1.29 is 18.9 Å². The number of H-pyrrole nitrogens is 1. The van der Waals surface area contributed by atoms with Gasteiger partial charge in [-0.1, -0.05) is 0 Å². The van der Waals surface area contributed by atoms with E-state index >= 15 is 0 Å². The summed E-state index contributed by atoms with van der Waals surface area (Å²) in [7, 11) is 3.15. The molecule has 1 aliphatic heterocycles. The van der Waals surface area contributed by atoms with Crippen molar-refractivity contribution in [3.05, 3.63) is 16.7 Å². The molecule has 2 aromatic rings. The number of aromatic amines is 1. The van der Waals surface area contributed by atoms with Crippen LogP contribution in [0.2, 0.25) is 0 Å². The van der Waals surface area contributed by atoms with Gasteiger partial charge < -0.3 is 24.7 Å². The molecule has 10 heteroatoms. The van der Waals surface area contributed by atoms with Gasteiger partial charge in [-0.3, -0.25) is 14.3 Å².